The minimum atomic E-state index is -0.307. The molecule has 0 aliphatic heterocycles. The predicted octanol–water partition coefficient (Wildman–Crippen LogP) is 5.62. The lowest BCUT2D eigenvalue weighted by molar-refractivity contribution is -0.117. The van der Waals surface area contributed by atoms with Gasteiger partial charge in [-0.05, 0) is 48.2 Å². The van der Waals surface area contributed by atoms with Crippen molar-refractivity contribution in [1.29, 1.82) is 5.26 Å². The van der Waals surface area contributed by atoms with E-state index < -0.39 is 0 Å². The fourth-order valence-electron chi connectivity index (χ4n) is 4.84. The highest BCUT2D eigenvalue weighted by molar-refractivity contribution is 6.30. The lowest BCUT2D eigenvalue weighted by Gasteiger charge is -2.27. The Bertz CT molecular complexity index is 1620. The van der Waals surface area contributed by atoms with Gasteiger partial charge in [0, 0.05) is 47.9 Å². The Morgan fingerprint density at radius 2 is 1.60 bits per heavy atom. The first kappa shape index (κ1) is 28.8. The monoisotopic (exact) mass is 587 g/mol. The van der Waals surface area contributed by atoms with Crippen LogP contribution in [0.1, 0.15) is 17.5 Å². The minimum absolute atomic E-state index is 0.214. The first-order valence-electron chi connectivity index (χ1n) is 13.2. The fraction of sp³-hybridized carbons (Fsp3) is 0.290. The Morgan fingerprint density at radius 3 is 2.12 bits per heavy atom. The molecule has 10 nitrogen and oxygen atoms in total. The second kappa shape index (κ2) is 12.4. The van der Waals surface area contributed by atoms with Gasteiger partial charge in [0.25, 0.3) is 0 Å². The van der Waals surface area contributed by atoms with Crippen LogP contribution in [0.3, 0.4) is 0 Å². The maximum absolute atomic E-state index is 12.6. The van der Waals surface area contributed by atoms with Gasteiger partial charge in [0.1, 0.15) is 39.8 Å². The van der Waals surface area contributed by atoms with Gasteiger partial charge in [-0.1, -0.05) is 11.6 Å². The lowest BCUT2D eigenvalue weighted by Crippen LogP contribution is -2.24. The molecule has 1 N–H and O–H groups in total. The SMILES string of the molecule is COc1ccc(CN(Cc2ccc(OC)cc2OC)c2nc(Cl)cc3cc(NC(=O)[C@@H]4C[C@@H]4C#N)ncc23)c(OC)c1. The van der Waals surface area contributed by atoms with Crippen LogP contribution in [0.5, 0.6) is 23.0 Å². The molecule has 1 fully saturated rings. The van der Waals surface area contributed by atoms with Crippen LogP contribution in [0.15, 0.2) is 54.7 Å². The molecule has 0 saturated heterocycles. The molecule has 1 amide bonds. The Hall–Kier alpha value is -4.75. The van der Waals surface area contributed by atoms with Crippen molar-refractivity contribution >= 4 is 39.9 Å². The van der Waals surface area contributed by atoms with E-state index in [4.69, 9.17) is 40.8 Å². The number of halogens is 1. The average Bonchev–Trinajstić information content (AvgIpc) is 3.81. The molecule has 0 bridgehead atoms. The summed E-state index contributed by atoms with van der Waals surface area (Å²) >= 11 is 6.56. The summed E-state index contributed by atoms with van der Waals surface area (Å²) < 4.78 is 22.1. The maximum Gasteiger partial charge on any atom is 0.230 e. The Balaban J connectivity index is 1.56. The summed E-state index contributed by atoms with van der Waals surface area (Å²) in [7, 11) is 6.44. The third-order valence-corrected chi connectivity index (χ3v) is 7.41. The molecule has 4 aromatic rings. The normalized spacial score (nSPS) is 15.4. The molecule has 2 aromatic heterocycles. The molecular formula is C31H30ClN5O5. The van der Waals surface area contributed by atoms with E-state index in [9.17, 15) is 4.79 Å². The molecule has 216 valence electrons. The van der Waals surface area contributed by atoms with E-state index in [-0.39, 0.29) is 22.9 Å². The number of anilines is 2. The van der Waals surface area contributed by atoms with Crippen molar-refractivity contribution in [3.05, 3.63) is 71.0 Å². The number of carbonyl (C=O) groups is 1. The van der Waals surface area contributed by atoms with E-state index in [1.54, 1.807) is 46.8 Å². The van der Waals surface area contributed by atoms with Gasteiger partial charge in [0.05, 0.1) is 46.3 Å². The number of pyridine rings is 2. The van der Waals surface area contributed by atoms with Crippen LogP contribution in [-0.4, -0.2) is 44.3 Å². The van der Waals surface area contributed by atoms with Gasteiger partial charge in [-0.3, -0.25) is 4.79 Å². The fourth-order valence-corrected chi connectivity index (χ4v) is 5.03. The number of hydrogen-bond acceptors (Lipinski definition) is 9. The number of amides is 1. The number of methoxy groups -OCH3 is 4. The molecule has 2 heterocycles. The smallest absolute Gasteiger partial charge is 0.230 e. The summed E-state index contributed by atoms with van der Waals surface area (Å²) in [5.74, 6) is 2.88. The molecule has 0 spiro atoms. The molecule has 2 aromatic carbocycles. The summed E-state index contributed by atoms with van der Waals surface area (Å²) in [6.07, 6.45) is 2.23. The van der Waals surface area contributed by atoms with Gasteiger partial charge < -0.3 is 29.2 Å². The van der Waals surface area contributed by atoms with Gasteiger partial charge in [-0.25, -0.2) is 9.97 Å². The average molecular weight is 588 g/mol. The van der Waals surface area contributed by atoms with Gasteiger partial charge in [-0.15, -0.1) is 0 Å². The van der Waals surface area contributed by atoms with Crippen molar-refractivity contribution in [2.75, 3.05) is 38.7 Å². The molecule has 2 atom stereocenters. The second-order valence-electron chi connectivity index (χ2n) is 9.84. The highest BCUT2D eigenvalue weighted by atomic mass is 35.5. The Kier molecular flexibility index (Phi) is 8.50. The number of fused-ring (bicyclic) bond motifs is 1. The number of nitrogens with zero attached hydrogens (tertiary/aromatic N) is 4. The molecule has 1 aliphatic rings. The van der Waals surface area contributed by atoms with E-state index >= 15 is 0 Å². The van der Waals surface area contributed by atoms with Crippen molar-refractivity contribution in [1.82, 2.24) is 9.97 Å². The molecule has 42 heavy (non-hydrogen) atoms. The summed E-state index contributed by atoms with van der Waals surface area (Å²) in [5, 5.41) is 13.7. The van der Waals surface area contributed by atoms with Crippen molar-refractivity contribution in [2.45, 2.75) is 19.5 Å². The first-order chi connectivity index (χ1) is 20.4. The summed E-state index contributed by atoms with van der Waals surface area (Å²) in [6, 6.07) is 16.9. The molecule has 0 radical (unpaired) electrons. The minimum Gasteiger partial charge on any atom is -0.497 e. The van der Waals surface area contributed by atoms with Crippen LogP contribution in [0.4, 0.5) is 11.6 Å². The Labute approximate surface area is 248 Å². The van der Waals surface area contributed by atoms with Crippen molar-refractivity contribution in [2.24, 2.45) is 11.8 Å². The van der Waals surface area contributed by atoms with E-state index in [1.165, 1.54) is 0 Å². The van der Waals surface area contributed by atoms with E-state index in [0.29, 0.717) is 54.1 Å². The number of rotatable bonds is 11. The Morgan fingerprint density at radius 1 is 0.976 bits per heavy atom. The molecular weight excluding hydrogens is 558 g/mol. The van der Waals surface area contributed by atoms with Crippen molar-refractivity contribution in [3.8, 4) is 29.1 Å². The summed E-state index contributed by atoms with van der Waals surface area (Å²) in [4.78, 5) is 23.8. The highest BCUT2D eigenvalue weighted by Crippen LogP contribution is 2.39. The topological polar surface area (TPSA) is 119 Å². The number of carbonyl (C=O) groups excluding carboxylic acids is 1. The number of nitriles is 1. The second-order valence-corrected chi connectivity index (χ2v) is 10.2. The van der Waals surface area contributed by atoms with E-state index in [1.807, 2.05) is 36.4 Å². The van der Waals surface area contributed by atoms with Gasteiger partial charge in [0.2, 0.25) is 5.91 Å². The third kappa shape index (κ3) is 6.11. The van der Waals surface area contributed by atoms with Crippen LogP contribution < -0.4 is 29.2 Å². The number of hydrogen-bond donors (Lipinski definition) is 1. The zero-order chi connectivity index (χ0) is 29.8. The predicted molar refractivity (Wildman–Crippen MR) is 159 cm³/mol. The first-order valence-corrected chi connectivity index (χ1v) is 13.6. The van der Waals surface area contributed by atoms with Gasteiger partial charge >= 0.3 is 0 Å². The van der Waals surface area contributed by atoms with Gasteiger partial charge in [-0.2, -0.15) is 5.26 Å². The molecule has 1 saturated carbocycles. The van der Waals surface area contributed by atoms with Crippen LogP contribution >= 0.6 is 11.6 Å². The third-order valence-electron chi connectivity index (χ3n) is 7.22. The molecule has 1 aliphatic carbocycles. The van der Waals surface area contributed by atoms with E-state index in [2.05, 4.69) is 21.3 Å². The maximum atomic E-state index is 12.6. The van der Waals surface area contributed by atoms with Crippen molar-refractivity contribution < 1.29 is 23.7 Å². The van der Waals surface area contributed by atoms with Crippen LogP contribution in [0.25, 0.3) is 10.8 Å². The van der Waals surface area contributed by atoms with Crippen LogP contribution in [-0.2, 0) is 17.9 Å². The number of nitrogens with one attached hydrogen (secondary N) is 1. The zero-order valence-corrected chi connectivity index (χ0v) is 24.4. The standard InChI is InChI=1S/C31H30ClN5O5/c1-39-22-7-5-18(26(12-22)41-3)16-37(17-19-6-8-23(40-2)13-27(19)42-4)30-25-15-34-29(11-20(25)10-28(32)35-30)36-31(38)24-9-21(24)14-33/h5-8,10-13,15,21,24H,9,16-17H2,1-4H3,(H,34,36,38)/t21-,24-/m1/s1. The van der Waals surface area contributed by atoms with Crippen LogP contribution in [0, 0.1) is 23.2 Å². The zero-order valence-electron chi connectivity index (χ0n) is 23.7. The van der Waals surface area contributed by atoms with Gasteiger partial charge in [0.15, 0.2) is 0 Å². The number of ether oxygens (including phenoxy) is 4. The molecule has 5 rings (SSSR count). The largest absolute Gasteiger partial charge is 0.497 e. The number of aromatic nitrogens is 2. The summed E-state index contributed by atoms with van der Waals surface area (Å²) in [6.45, 7) is 0.807. The van der Waals surface area contributed by atoms with Crippen LogP contribution in [0.2, 0.25) is 5.15 Å². The molecule has 11 heteroatoms. The van der Waals surface area contributed by atoms with E-state index in [0.717, 1.165) is 21.9 Å². The number of benzene rings is 2. The quantitative estimate of drug-likeness (QED) is 0.223. The molecule has 0 unspecified atom stereocenters. The highest BCUT2D eigenvalue weighted by Gasteiger charge is 2.43. The van der Waals surface area contributed by atoms with Crippen molar-refractivity contribution in [3.63, 3.8) is 0 Å². The lowest BCUT2D eigenvalue weighted by atomic mass is 10.1. The summed E-state index contributed by atoms with van der Waals surface area (Å²) in [5.41, 5.74) is 1.79.